The molecule has 1 N–H and O–H groups in total. The van der Waals surface area contributed by atoms with Crippen LogP contribution in [0.3, 0.4) is 0 Å². The summed E-state index contributed by atoms with van der Waals surface area (Å²) in [6.45, 7) is 3.51. The van der Waals surface area contributed by atoms with Gasteiger partial charge >= 0.3 is 12.0 Å². The molecule has 7 heteroatoms. The number of carbonyl (C=O) groups excluding carboxylic acids is 2. The molecule has 0 saturated carbocycles. The topological polar surface area (TPSA) is 75.0 Å². The lowest BCUT2D eigenvalue weighted by Gasteiger charge is -2.22. The molecule has 2 heterocycles. The zero-order valence-corrected chi connectivity index (χ0v) is 17.0. The second-order valence-electron chi connectivity index (χ2n) is 7.37. The van der Waals surface area contributed by atoms with Gasteiger partial charge in [0, 0.05) is 31.9 Å². The van der Waals surface area contributed by atoms with Crippen molar-refractivity contribution < 1.29 is 18.7 Å². The van der Waals surface area contributed by atoms with Crippen LogP contribution >= 0.6 is 0 Å². The van der Waals surface area contributed by atoms with E-state index in [1.54, 1.807) is 12.1 Å². The van der Waals surface area contributed by atoms with Crippen molar-refractivity contribution in [2.45, 2.75) is 13.0 Å². The molecule has 0 bridgehead atoms. The summed E-state index contributed by atoms with van der Waals surface area (Å²) in [7, 11) is 1.33. The molecule has 30 heavy (non-hydrogen) atoms. The summed E-state index contributed by atoms with van der Waals surface area (Å²) < 4.78 is 10.2. The van der Waals surface area contributed by atoms with Gasteiger partial charge in [0.15, 0.2) is 0 Å². The fourth-order valence-corrected chi connectivity index (χ4v) is 3.70. The van der Waals surface area contributed by atoms with Gasteiger partial charge in [0.05, 0.1) is 13.7 Å². The molecule has 0 aliphatic carbocycles. The molecule has 0 atom stereocenters. The summed E-state index contributed by atoms with van der Waals surface area (Å²) in [6.07, 6.45) is 0.871. The normalized spacial score (nSPS) is 15.0. The van der Waals surface area contributed by atoms with Crippen molar-refractivity contribution in [1.29, 1.82) is 0 Å². The van der Waals surface area contributed by atoms with Crippen LogP contribution in [0.25, 0.3) is 10.8 Å². The van der Waals surface area contributed by atoms with Crippen LogP contribution in [-0.4, -0.2) is 55.1 Å². The van der Waals surface area contributed by atoms with Crippen molar-refractivity contribution in [2.75, 3.05) is 38.6 Å². The molecule has 1 aliphatic rings. The summed E-state index contributed by atoms with van der Waals surface area (Å²) in [6, 6.07) is 17.4. The van der Waals surface area contributed by atoms with Crippen LogP contribution in [0, 0.1) is 0 Å². The van der Waals surface area contributed by atoms with Gasteiger partial charge < -0.3 is 19.4 Å². The molecule has 3 aromatic rings. The Labute approximate surface area is 175 Å². The minimum absolute atomic E-state index is 0.0851. The molecule has 7 nitrogen and oxygen atoms in total. The van der Waals surface area contributed by atoms with Crippen LogP contribution < -0.4 is 5.32 Å². The summed E-state index contributed by atoms with van der Waals surface area (Å²) in [5, 5.41) is 5.26. The average Bonchev–Trinajstić information content (AvgIpc) is 3.10. The maximum Gasteiger partial charge on any atom is 0.373 e. The van der Waals surface area contributed by atoms with Gasteiger partial charge in [0.25, 0.3) is 0 Å². The number of ether oxygens (including phenoxy) is 1. The molecule has 1 aliphatic heterocycles. The van der Waals surface area contributed by atoms with Crippen LogP contribution in [-0.2, 0) is 11.3 Å². The van der Waals surface area contributed by atoms with E-state index in [2.05, 4.69) is 21.0 Å². The lowest BCUT2D eigenvalue weighted by Crippen LogP contribution is -2.38. The monoisotopic (exact) mass is 407 g/mol. The van der Waals surface area contributed by atoms with Crippen molar-refractivity contribution in [1.82, 2.24) is 9.80 Å². The van der Waals surface area contributed by atoms with E-state index >= 15 is 0 Å². The van der Waals surface area contributed by atoms with Crippen LogP contribution in [0.1, 0.15) is 22.7 Å². The van der Waals surface area contributed by atoms with E-state index in [0.29, 0.717) is 25.4 Å². The summed E-state index contributed by atoms with van der Waals surface area (Å²) >= 11 is 0. The standard InChI is InChI=1S/C23H25N3O4/c1-29-22(27)21-10-9-20(30-21)16-25-11-4-12-26(14-13-25)23(28)24-19-8-7-17-5-2-3-6-18(17)15-19/h2-3,5-10,15H,4,11-14,16H2,1H3,(H,24,28). The van der Waals surface area contributed by atoms with Gasteiger partial charge in [-0.1, -0.05) is 30.3 Å². The number of nitrogens with zero attached hydrogens (tertiary/aromatic N) is 2. The van der Waals surface area contributed by atoms with Gasteiger partial charge in [0.2, 0.25) is 5.76 Å². The SMILES string of the molecule is COC(=O)c1ccc(CN2CCCN(C(=O)Nc3ccc4ccccc4c3)CC2)o1. The highest BCUT2D eigenvalue weighted by Crippen LogP contribution is 2.20. The van der Waals surface area contributed by atoms with E-state index in [1.165, 1.54) is 7.11 Å². The maximum absolute atomic E-state index is 12.8. The first kappa shape index (κ1) is 20.0. The Balaban J connectivity index is 1.33. The van der Waals surface area contributed by atoms with Gasteiger partial charge in [-0.2, -0.15) is 0 Å². The Bertz CT molecular complexity index is 1050. The number of anilines is 1. The predicted molar refractivity (Wildman–Crippen MR) is 114 cm³/mol. The highest BCUT2D eigenvalue weighted by molar-refractivity contribution is 5.93. The van der Waals surface area contributed by atoms with Crippen LogP contribution in [0.4, 0.5) is 10.5 Å². The van der Waals surface area contributed by atoms with Crippen LogP contribution in [0.15, 0.2) is 59.0 Å². The first-order valence-corrected chi connectivity index (χ1v) is 10.1. The largest absolute Gasteiger partial charge is 0.463 e. The average molecular weight is 407 g/mol. The molecule has 2 aromatic carbocycles. The zero-order chi connectivity index (χ0) is 20.9. The van der Waals surface area contributed by atoms with E-state index in [-0.39, 0.29) is 11.8 Å². The molecule has 4 rings (SSSR count). The Morgan fingerprint density at radius 2 is 1.83 bits per heavy atom. The maximum atomic E-state index is 12.8. The lowest BCUT2D eigenvalue weighted by molar-refractivity contribution is 0.0561. The Morgan fingerprint density at radius 1 is 1.00 bits per heavy atom. The quantitative estimate of drug-likeness (QED) is 0.663. The third-order valence-corrected chi connectivity index (χ3v) is 5.30. The number of carbonyl (C=O) groups is 2. The van der Waals surface area contributed by atoms with Gasteiger partial charge in [0.1, 0.15) is 5.76 Å². The molecule has 1 saturated heterocycles. The Morgan fingerprint density at radius 3 is 2.67 bits per heavy atom. The molecule has 156 valence electrons. The Hall–Kier alpha value is -3.32. The zero-order valence-electron chi connectivity index (χ0n) is 17.0. The number of methoxy groups -OCH3 is 1. The third kappa shape index (κ3) is 4.63. The number of rotatable bonds is 4. The number of amides is 2. The van der Waals surface area contributed by atoms with E-state index in [9.17, 15) is 9.59 Å². The summed E-state index contributed by atoms with van der Waals surface area (Å²) in [5.74, 6) is 0.442. The number of urea groups is 1. The van der Waals surface area contributed by atoms with Crippen molar-refractivity contribution >= 4 is 28.5 Å². The van der Waals surface area contributed by atoms with Gasteiger partial charge in [-0.25, -0.2) is 9.59 Å². The molecule has 2 amide bonds. The second-order valence-corrected chi connectivity index (χ2v) is 7.37. The number of hydrogen-bond donors (Lipinski definition) is 1. The smallest absolute Gasteiger partial charge is 0.373 e. The third-order valence-electron chi connectivity index (χ3n) is 5.30. The molecule has 0 unspecified atom stereocenters. The molecule has 1 fully saturated rings. The summed E-state index contributed by atoms with van der Waals surface area (Å²) in [4.78, 5) is 28.4. The number of esters is 1. The first-order chi connectivity index (χ1) is 14.6. The lowest BCUT2D eigenvalue weighted by atomic mass is 10.1. The molecule has 0 spiro atoms. The van der Waals surface area contributed by atoms with Crippen LogP contribution in [0.2, 0.25) is 0 Å². The summed E-state index contributed by atoms with van der Waals surface area (Å²) in [5.41, 5.74) is 0.797. The minimum Gasteiger partial charge on any atom is -0.463 e. The number of furan rings is 1. The molecule has 0 radical (unpaired) electrons. The van der Waals surface area contributed by atoms with Crippen molar-refractivity contribution in [3.05, 3.63) is 66.1 Å². The number of fused-ring (bicyclic) bond motifs is 1. The van der Waals surface area contributed by atoms with E-state index < -0.39 is 5.97 Å². The fraction of sp³-hybridized carbons (Fsp3) is 0.304. The second kappa shape index (κ2) is 9.00. The Kier molecular flexibility index (Phi) is 5.99. The van der Waals surface area contributed by atoms with E-state index in [1.807, 2.05) is 41.3 Å². The van der Waals surface area contributed by atoms with Crippen molar-refractivity contribution in [3.63, 3.8) is 0 Å². The minimum atomic E-state index is -0.478. The number of hydrogen-bond acceptors (Lipinski definition) is 5. The van der Waals surface area contributed by atoms with Crippen LogP contribution in [0.5, 0.6) is 0 Å². The van der Waals surface area contributed by atoms with E-state index in [4.69, 9.17) is 4.42 Å². The molecular weight excluding hydrogens is 382 g/mol. The highest BCUT2D eigenvalue weighted by Gasteiger charge is 2.20. The number of benzene rings is 2. The predicted octanol–water partition coefficient (Wildman–Crippen LogP) is 3.96. The van der Waals surface area contributed by atoms with Gasteiger partial charge in [-0.3, -0.25) is 4.90 Å². The van der Waals surface area contributed by atoms with Crippen molar-refractivity contribution in [2.24, 2.45) is 0 Å². The van der Waals surface area contributed by atoms with Gasteiger partial charge in [-0.15, -0.1) is 0 Å². The fourth-order valence-electron chi connectivity index (χ4n) is 3.70. The molecule has 1 aromatic heterocycles. The van der Waals surface area contributed by atoms with E-state index in [0.717, 1.165) is 36.0 Å². The van der Waals surface area contributed by atoms with Gasteiger partial charge in [-0.05, 0) is 41.5 Å². The first-order valence-electron chi connectivity index (χ1n) is 10.1. The van der Waals surface area contributed by atoms with Crippen molar-refractivity contribution in [3.8, 4) is 0 Å². The number of nitrogens with one attached hydrogen (secondary N) is 1. The highest BCUT2D eigenvalue weighted by atomic mass is 16.5. The molecular formula is C23H25N3O4.